The molecule has 1 atom stereocenters. The molecule has 0 unspecified atom stereocenters. The van der Waals surface area contributed by atoms with Crippen LogP contribution in [0.1, 0.15) is 50.6 Å². The number of aromatic nitrogens is 2. The lowest BCUT2D eigenvalue weighted by Crippen LogP contribution is -2.46. The minimum absolute atomic E-state index is 0.215. The van der Waals surface area contributed by atoms with Crippen molar-refractivity contribution in [1.29, 1.82) is 0 Å². The summed E-state index contributed by atoms with van der Waals surface area (Å²) in [5.74, 6) is 1.01. The number of nitrogens with zero attached hydrogens (tertiary/aromatic N) is 3. The quantitative estimate of drug-likeness (QED) is 0.837. The first-order chi connectivity index (χ1) is 11.3. The number of aryl methyl sites for hydroxylation is 1. The van der Waals surface area contributed by atoms with Gasteiger partial charge in [-0.3, -0.25) is 14.8 Å². The second kappa shape index (κ2) is 8.39. The van der Waals surface area contributed by atoms with Crippen molar-refractivity contribution >= 4 is 5.91 Å². The Hall–Kier alpha value is -1.49. The smallest absolute Gasteiger partial charge is 0.223 e. The molecule has 126 valence electrons. The van der Waals surface area contributed by atoms with Crippen LogP contribution in [0, 0.1) is 5.92 Å². The molecule has 1 amide bonds. The summed E-state index contributed by atoms with van der Waals surface area (Å²) in [4.78, 5) is 22.7. The third-order valence-corrected chi connectivity index (χ3v) is 5.02. The summed E-state index contributed by atoms with van der Waals surface area (Å²) in [7, 11) is 0. The van der Waals surface area contributed by atoms with Gasteiger partial charge < -0.3 is 9.64 Å². The summed E-state index contributed by atoms with van der Waals surface area (Å²) in [6.45, 7) is 2.16. The van der Waals surface area contributed by atoms with Gasteiger partial charge in [-0.2, -0.15) is 0 Å². The predicted molar refractivity (Wildman–Crippen MR) is 87.9 cm³/mol. The molecular formula is C18H27N3O2. The summed E-state index contributed by atoms with van der Waals surface area (Å²) in [6.07, 6.45) is 14.4. The average Bonchev–Trinajstić information content (AvgIpc) is 2.62. The lowest BCUT2D eigenvalue weighted by atomic mass is 9.85. The van der Waals surface area contributed by atoms with Gasteiger partial charge in [-0.1, -0.05) is 32.1 Å². The fourth-order valence-corrected chi connectivity index (χ4v) is 3.74. The summed E-state index contributed by atoms with van der Waals surface area (Å²) in [5.41, 5.74) is 0.882. The van der Waals surface area contributed by atoms with Gasteiger partial charge in [-0.05, 0) is 18.8 Å². The number of hydrogen-bond donors (Lipinski definition) is 0. The van der Waals surface area contributed by atoms with Crippen molar-refractivity contribution in [2.45, 2.75) is 57.5 Å². The molecule has 0 bridgehead atoms. The molecule has 23 heavy (non-hydrogen) atoms. The Balaban J connectivity index is 1.44. The van der Waals surface area contributed by atoms with Crippen molar-refractivity contribution in [2.75, 3.05) is 19.7 Å². The van der Waals surface area contributed by atoms with Crippen molar-refractivity contribution in [3.63, 3.8) is 0 Å². The molecule has 0 aromatic carbocycles. The molecule has 0 N–H and O–H groups in total. The molecule has 5 nitrogen and oxygen atoms in total. The fraction of sp³-hybridized carbons (Fsp3) is 0.722. The van der Waals surface area contributed by atoms with E-state index >= 15 is 0 Å². The first-order valence-corrected chi connectivity index (χ1v) is 8.95. The van der Waals surface area contributed by atoms with Crippen LogP contribution in [0.4, 0.5) is 0 Å². The maximum Gasteiger partial charge on any atom is 0.223 e. The minimum Gasteiger partial charge on any atom is -0.375 e. The second-order valence-electron chi connectivity index (χ2n) is 6.77. The zero-order valence-corrected chi connectivity index (χ0v) is 13.8. The van der Waals surface area contributed by atoms with Crippen molar-refractivity contribution in [1.82, 2.24) is 14.9 Å². The zero-order valence-electron chi connectivity index (χ0n) is 13.8. The SMILES string of the molecule is O=C(CCc1cnccn1)N1CCO[C@H](CC2CCCCC2)C1. The largest absolute Gasteiger partial charge is 0.375 e. The molecule has 0 spiro atoms. The molecule has 2 heterocycles. The first kappa shape index (κ1) is 16.4. The van der Waals surface area contributed by atoms with E-state index < -0.39 is 0 Å². The molecule has 1 aromatic rings. The molecule has 5 heteroatoms. The van der Waals surface area contributed by atoms with Gasteiger partial charge in [0.25, 0.3) is 0 Å². The number of carbonyl (C=O) groups is 1. The zero-order chi connectivity index (χ0) is 15.9. The standard InChI is InChI=1S/C18H27N3O2/c22-18(7-6-16-13-19-8-9-20-16)21-10-11-23-17(14-21)12-15-4-2-1-3-5-15/h8-9,13,15,17H,1-7,10-12,14H2/t17-/m1/s1. The van der Waals surface area contributed by atoms with E-state index in [1.165, 1.54) is 32.1 Å². The van der Waals surface area contributed by atoms with Crippen LogP contribution in [-0.2, 0) is 16.0 Å². The van der Waals surface area contributed by atoms with E-state index in [9.17, 15) is 4.79 Å². The van der Waals surface area contributed by atoms with Crippen molar-refractivity contribution in [2.24, 2.45) is 5.92 Å². The lowest BCUT2D eigenvalue weighted by molar-refractivity contribution is -0.139. The van der Waals surface area contributed by atoms with Crippen LogP contribution in [0.15, 0.2) is 18.6 Å². The van der Waals surface area contributed by atoms with Crippen molar-refractivity contribution < 1.29 is 9.53 Å². The summed E-state index contributed by atoms with van der Waals surface area (Å²) in [6, 6.07) is 0. The Kier molecular flexibility index (Phi) is 5.97. The first-order valence-electron chi connectivity index (χ1n) is 8.95. The van der Waals surface area contributed by atoms with E-state index in [-0.39, 0.29) is 12.0 Å². The fourth-order valence-electron chi connectivity index (χ4n) is 3.74. The third-order valence-electron chi connectivity index (χ3n) is 5.02. The summed E-state index contributed by atoms with van der Waals surface area (Å²) in [5, 5.41) is 0. The van der Waals surface area contributed by atoms with Gasteiger partial charge in [0, 0.05) is 38.1 Å². The van der Waals surface area contributed by atoms with E-state index in [1.807, 2.05) is 4.90 Å². The van der Waals surface area contributed by atoms with Crippen LogP contribution in [0.5, 0.6) is 0 Å². The highest BCUT2D eigenvalue weighted by Gasteiger charge is 2.27. The van der Waals surface area contributed by atoms with Crippen LogP contribution >= 0.6 is 0 Å². The highest BCUT2D eigenvalue weighted by atomic mass is 16.5. The monoisotopic (exact) mass is 317 g/mol. The van der Waals surface area contributed by atoms with Gasteiger partial charge in [0.05, 0.1) is 18.4 Å². The number of carbonyl (C=O) groups excluding carboxylic acids is 1. The van der Waals surface area contributed by atoms with Gasteiger partial charge in [-0.25, -0.2) is 0 Å². The third kappa shape index (κ3) is 4.99. The highest BCUT2D eigenvalue weighted by Crippen LogP contribution is 2.29. The second-order valence-corrected chi connectivity index (χ2v) is 6.77. The number of hydrogen-bond acceptors (Lipinski definition) is 4. The van der Waals surface area contributed by atoms with Gasteiger partial charge in [-0.15, -0.1) is 0 Å². The normalized spacial score (nSPS) is 23.0. The maximum atomic E-state index is 12.4. The van der Waals surface area contributed by atoms with E-state index in [4.69, 9.17) is 4.74 Å². The topological polar surface area (TPSA) is 55.3 Å². The molecule has 2 fully saturated rings. The number of amides is 1. The lowest BCUT2D eigenvalue weighted by Gasteiger charge is -2.35. The average molecular weight is 317 g/mol. The van der Waals surface area contributed by atoms with Gasteiger partial charge in [0.2, 0.25) is 5.91 Å². The molecule has 1 saturated heterocycles. The highest BCUT2D eigenvalue weighted by molar-refractivity contribution is 5.76. The molecule has 3 rings (SSSR count). The van der Waals surface area contributed by atoms with Gasteiger partial charge in [0.15, 0.2) is 0 Å². The molecule has 1 aliphatic heterocycles. The van der Waals surface area contributed by atoms with E-state index in [1.54, 1.807) is 18.6 Å². The van der Waals surface area contributed by atoms with Crippen LogP contribution in [0.25, 0.3) is 0 Å². The molecule has 2 aliphatic rings. The Bertz CT molecular complexity index is 488. The minimum atomic E-state index is 0.215. The van der Waals surface area contributed by atoms with E-state index in [0.717, 1.165) is 31.1 Å². The number of ether oxygens (including phenoxy) is 1. The Morgan fingerprint density at radius 3 is 2.91 bits per heavy atom. The molecule has 1 aromatic heterocycles. The number of morpholine rings is 1. The Labute approximate surface area is 138 Å². The van der Waals surface area contributed by atoms with Crippen LogP contribution < -0.4 is 0 Å². The molecule has 0 radical (unpaired) electrons. The van der Waals surface area contributed by atoms with E-state index in [2.05, 4.69) is 9.97 Å². The summed E-state index contributed by atoms with van der Waals surface area (Å²) < 4.78 is 5.91. The van der Waals surface area contributed by atoms with Crippen LogP contribution in [0.3, 0.4) is 0 Å². The Morgan fingerprint density at radius 2 is 2.13 bits per heavy atom. The molecule has 1 saturated carbocycles. The number of rotatable bonds is 5. The van der Waals surface area contributed by atoms with Crippen LogP contribution in [0.2, 0.25) is 0 Å². The maximum absolute atomic E-state index is 12.4. The van der Waals surface area contributed by atoms with Crippen LogP contribution in [-0.4, -0.2) is 46.6 Å². The predicted octanol–water partition coefficient (Wildman–Crippen LogP) is 2.61. The van der Waals surface area contributed by atoms with Gasteiger partial charge in [0.1, 0.15) is 0 Å². The van der Waals surface area contributed by atoms with Crippen molar-refractivity contribution in [3.8, 4) is 0 Å². The Morgan fingerprint density at radius 1 is 1.26 bits per heavy atom. The summed E-state index contributed by atoms with van der Waals surface area (Å²) >= 11 is 0. The molecule has 1 aliphatic carbocycles. The van der Waals surface area contributed by atoms with Crippen molar-refractivity contribution in [3.05, 3.63) is 24.3 Å². The van der Waals surface area contributed by atoms with Gasteiger partial charge >= 0.3 is 0 Å². The molecular weight excluding hydrogens is 290 g/mol. The van der Waals surface area contributed by atoms with E-state index in [0.29, 0.717) is 19.4 Å².